The molecule has 0 N–H and O–H groups in total. The van der Waals surface area contributed by atoms with E-state index in [-0.39, 0.29) is 9.76 Å². The fraction of sp³-hybridized carbons (Fsp3) is 0.750. The Labute approximate surface area is 75.7 Å². The third kappa shape index (κ3) is 6.53. The maximum Gasteiger partial charge on any atom is 0.149 e. The lowest BCUT2D eigenvalue weighted by Crippen LogP contribution is -2.05. The lowest BCUT2D eigenvalue weighted by atomic mass is 10.1. The molecule has 0 aliphatic carbocycles. The first-order chi connectivity index (χ1) is 5.35. The van der Waals surface area contributed by atoms with Crippen molar-refractivity contribution in [3.63, 3.8) is 0 Å². The summed E-state index contributed by atoms with van der Waals surface area (Å²) in [4.78, 5) is 0. The van der Waals surface area contributed by atoms with Gasteiger partial charge in [-0.2, -0.15) is 0 Å². The van der Waals surface area contributed by atoms with E-state index in [9.17, 15) is 0 Å². The Balaban J connectivity index is 3.41. The number of hydrogen-bond donors (Lipinski definition) is 0. The summed E-state index contributed by atoms with van der Waals surface area (Å²) < 4.78 is 5.38. The van der Waals surface area contributed by atoms with Crippen molar-refractivity contribution in [2.75, 3.05) is 0 Å². The summed E-state index contributed by atoms with van der Waals surface area (Å²) in [5.74, 6) is 0. The smallest absolute Gasteiger partial charge is 0.149 e. The van der Waals surface area contributed by atoms with Crippen LogP contribution in [0.5, 0.6) is 0 Å². The highest BCUT2D eigenvalue weighted by Crippen LogP contribution is 2.17. The molecular weight excluding hydrogens is 168 g/mol. The Hall–Kier alpha value is 0.134. The SMILES string of the molecule is C=CCC(CCCC)[SiH2]O[SiH3]. The van der Waals surface area contributed by atoms with E-state index in [1.54, 1.807) is 0 Å². The number of hydrogen-bond acceptors (Lipinski definition) is 1. The summed E-state index contributed by atoms with van der Waals surface area (Å²) in [5.41, 5.74) is 0.866. The second kappa shape index (κ2) is 8.23. The first-order valence-electron chi connectivity index (χ1n) is 4.45. The van der Waals surface area contributed by atoms with E-state index in [0.29, 0.717) is 0 Å². The highest BCUT2D eigenvalue weighted by atomic mass is 28.3. The Morgan fingerprint density at radius 3 is 2.91 bits per heavy atom. The minimum absolute atomic E-state index is 0.205. The van der Waals surface area contributed by atoms with Gasteiger partial charge >= 0.3 is 0 Å². The van der Waals surface area contributed by atoms with E-state index in [1.165, 1.54) is 25.7 Å². The van der Waals surface area contributed by atoms with Crippen molar-refractivity contribution in [2.24, 2.45) is 0 Å². The van der Waals surface area contributed by atoms with Gasteiger partial charge in [0.2, 0.25) is 0 Å². The van der Waals surface area contributed by atoms with Crippen molar-refractivity contribution < 1.29 is 4.12 Å². The van der Waals surface area contributed by atoms with E-state index < -0.39 is 0 Å². The third-order valence-corrected chi connectivity index (χ3v) is 4.41. The molecule has 0 heterocycles. The molecule has 11 heavy (non-hydrogen) atoms. The lowest BCUT2D eigenvalue weighted by Gasteiger charge is -2.11. The maximum absolute atomic E-state index is 5.38. The monoisotopic (exact) mass is 188 g/mol. The van der Waals surface area contributed by atoms with E-state index in [4.69, 9.17) is 4.12 Å². The van der Waals surface area contributed by atoms with Crippen LogP contribution in [0.3, 0.4) is 0 Å². The number of rotatable bonds is 7. The summed E-state index contributed by atoms with van der Waals surface area (Å²) in [7, 11) is 0.725. The largest absolute Gasteiger partial charge is 0.468 e. The Morgan fingerprint density at radius 2 is 2.45 bits per heavy atom. The first-order valence-corrected chi connectivity index (χ1v) is 6.66. The predicted octanol–water partition coefficient (Wildman–Crippen LogP) is 0.922. The molecule has 1 nitrogen and oxygen atoms in total. The molecule has 0 spiro atoms. The van der Waals surface area contributed by atoms with Crippen molar-refractivity contribution >= 4 is 20.2 Å². The molecule has 1 unspecified atom stereocenters. The molecular formula is C8H20OSi2. The van der Waals surface area contributed by atoms with Crippen molar-refractivity contribution in [3.05, 3.63) is 12.7 Å². The normalized spacial score (nSPS) is 14.3. The molecule has 0 saturated heterocycles. The van der Waals surface area contributed by atoms with Crippen LogP contribution < -0.4 is 0 Å². The van der Waals surface area contributed by atoms with Gasteiger partial charge in [-0.3, -0.25) is 0 Å². The molecule has 3 heteroatoms. The minimum Gasteiger partial charge on any atom is -0.468 e. The van der Waals surface area contributed by atoms with Crippen LogP contribution in [-0.4, -0.2) is 20.2 Å². The molecule has 0 saturated carbocycles. The van der Waals surface area contributed by atoms with Crippen LogP contribution in [0.15, 0.2) is 12.7 Å². The van der Waals surface area contributed by atoms with Gasteiger partial charge in [0.15, 0.2) is 0 Å². The van der Waals surface area contributed by atoms with Crippen molar-refractivity contribution in [1.29, 1.82) is 0 Å². The van der Waals surface area contributed by atoms with Crippen LogP contribution in [0.25, 0.3) is 0 Å². The van der Waals surface area contributed by atoms with E-state index in [2.05, 4.69) is 13.5 Å². The highest BCUT2D eigenvalue weighted by Gasteiger charge is 2.05. The molecule has 0 rings (SSSR count). The molecule has 0 radical (unpaired) electrons. The average molecular weight is 188 g/mol. The Morgan fingerprint density at radius 1 is 1.73 bits per heavy atom. The third-order valence-electron chi connectivity index (χ3n) is 1.87. The average Bonchev–Trinajstić information content (AvgIpc) is 2.01. The molecule has 0 bridgehead atoms. The van der Waals surface area contributed by atoms with Crippen LogP contribution in [0.4, 0.5) is 0 Å². The maximum atomic E-state index is 5.38. The van der Waals surface area contributed by atoms with Crippen LogP contribution in [-0.2, 0) is 4.12 Å². The van der Waals surface area contributed by atoms with Crippen molar-refractivity contribution in [3.8, 4) is 0 Å². The zero-order valence-corrected chi connectivity index (χ0v) is 11.2. The molecule has 0 aromatic heterocycles. The zero-order chi connectivity index (χ0) is 8.53. The standard InChI is InChI=1S/C8H20OSi2/c1-3-5-7-8(6-4-2)11-9-10/h4,8H,2-3,5-7,11H2,1,10H3. The summed E-state index contributed by atoms with van der Waals surface area (Å²) in [5, 5.41) is 0. The molecule has 0 amide bonds. The van der Waals surface area contributed by atoms with Gasteiger partial charge in [-0.25, -0.2) is 0 Å². The summed E-state index contributed by atoms with van der Waals surface area (Å²) in [6, 6.07) is 0. The number of unbranched alkanes of at least 4 members (excludes halogenated alkanes) is 1. The second-order valence-electron chi connectivity index (χ2n) is 2.99. The lowest BCUT2D eigenvalue weighted by molar-refractivity contribution is 0.589. The van der Waals surface area contributed by atoms with Crippen LogP contribution in [0, 0.1) is 0 Å². The Kier molecular flexibility index (Phi) is 8.33. The molecule has 0 aromatic rings. The quantitative estimate of drug-likeness (QED) is 0.426. The van der Waals surface area contributed by atoms with Gasteiger partial charge in [-0.05, 0) is 12.0 Å². The topological polar surface area (TPSA) is 9.23 Å². The van der Waals surface area contributed by atoms with Crippen LogP contribution in [0.2, 0.25) is 5.54 Å². The van der Waals surface area contributed by atoms with Gasteiger partial charge < -0.3 is 4.12 Å². The molecule has 0 aliphatic heterocycles. The van der Waals surface area contributed by atoms with Gasteiger partial charge in [0.05, 0.1) is 0 Å². The summed E-state index contributed by atoms with van der Waals surface area (Å²) >= 11 is 0. The van der Waals surface area contributed by atoms with Gasteiger partial charge in [0.25, 0.3) is 0 Å². The predicted molar refractivity (Wildman–Crippen MR) is 57.7 cm³/mol. The van der Waals surface area contributed by atoms with E-state index >= 15 is 0 Å². The summed E-state index contributed by atoms with van der Waals surface area (Å²) in [6.45, 7) is 6.01. The fourth-order valence-electron chi connectivity index (χ4n) is 1.23. The molecule has 0 aliphatic rings. The fourth-order valence-corrected chi connectivity index (χ4v) is 3.95. The summed E-state index contributed by atoms with van der Waals surface area (Å²) in [6.07, 6.45) is 7.24. The van der Waals surface area contributed by atoms with Gasteiger partial charge in [-0.15, -0.1) is 6.58 Å². The van der Waals surface area contributed by atoms with Gasteiger partial charge in [-0.1, -0.05) is 32.3 Å². The van der Waals surface area contributed by atoms with Gasteiger partial charge in [0, 0.05) is 0 Å². The first kappa shape index (κ1) is 11.1. The number of allylic oxidation sites excluding steroid dienone is 1. The van der Waals surface area contributed by atoms with Crippen molar-refractivity contribution in [1.82, 2.24) is 0 Å². The van der Waals surface area contributed by atoms with Gasteiger partial charge in [0.1, 0.15) is 20.2 Å². The molecule has 0 aromatic carbocycles. The second-order valence-corrected chi connectivity index (χ2v) is 6.79. The van der Waals surface area contributed by atoms with Crippen molar-refractivity contribution in [2.45, 2.75) is 38.1 Å². The zero-order valence-electron chi connectivity index (χ0n) is 7.81. The molecule has 0 fully saturated rings. The van der Waals surface area contributed by atoms with E-state index in [1.807, 2.05) is 6.08 Å². The Bertz CT molecular complexity index is 96.1. The minimum atomic E-state index is -0.205. The highest BCUT2D eigenvalue weighted by molar-refractivity contribution is 6.36. The van der Waals surface area contributed by atoms with Crippen LogP contribution in [0.1, 0.15) is 32.6 Å². The molecule has 66 valence electrons. The molecule has 1 atom stereocenters. The van der Waals surface area contributed by atoms with Crippen LogP contribution >= 0.6 is 0 Å². The van der Waals surface area contributed by atoms with E-state index in [0.717, 1.165) is 16.0 Å².